The van der Waals surface area contributed by atoms with E-state index in [0.717, 1.165) is 12.8 Å². The molecule has 1 aliphatic rings. The highest BCUT2D eigenvalue weighted by Gasteiger charge is 2.39. The summed E-state index contributed by atoms with van der Waals surface area (Å²) >= 11 is 0. The average Bonchev–Trinajstić information content (AvgIpc) is 2.45. The second-order valence-corrected chi connectivity index (χ2v) is 6.56. The van der Waals surface area contributed by atoms with Crippen molar-refractivity contribution in [2.75, 3.05) is 33.4 Å². The number of carboxylic acids is 1. The minimum Gasteiger partial charge on any atom is -0.481 e. The van der Waals surface area contributed by atoms with Gasteiger partial charge in [-0.3, -0.25) is 4.79 Å². The van der Waals surface area contributed by atoms with Crippen molar-refractivity contribution in [3.05, 3.63) is 0 Å². The molecule has 2 atom stereocenters. The van der Waals surface area contributed by atoms with Gasteiger partial charge in [-0.05, 0) is 38.5 Å². The van der Waals surface area contributed by atoms with E-state index >= 15 is 0 Å². The predicted molar refractivity (Wildman–Crippen MR) is 80.2 cm³/mol. The Hall–Kier alpha value is -1.30. The van der Waals surface area contributed by atoms with Crippen LogP contribution >= 0.6 is 0 Å². The molecule has 0 radical (unpaired) electrons. The molecule has 0 aromatic carbocycles. The lowest BCUT2D eigenvalue weighted by Crippen LogP contribution is -2.50. The van der Waals surface area contributed by atoms with Crippen LogP contribution in [0.2, 0.25) is 0 Å². The van der Waals surface area contributed by atoms with Crippen LogP contribution in [-0.2, 0) is 9.53 Å². The van der Waals surface area contributed by atoms with Crippen molar-refractivity contribution in [1.29, 1.82) is 0 Å². The van der Waals surface area contributed by atoms with Crippen LogP contribution in [0.15, 0.2) is 0 Å². The molecule has 1 saturated heterocycles. The number of carbonyl (C=O) groups excluding carboxylic acids is 1. The number of rotatable bonds is 6. The van der Waals surface area contributed by atoms with E-state index in [-0.39, 0.29) is 17.9 Å². The van der Waals surface area contributed by atoms with E-state index in [2.05, 4.69) is 5.32 Å². The first-order chi connectivity index (χ1) is 9.78. The summed E-state index contributed by atoms with van der Waals surface area (Å²) in [5.74, 6) is -0.552. The van der Waals surface area contributed by atoms with Crippen LogP contribution in [-0.4, -0.2) is 55.4 Å². The topological polar surface area (TPSA) is 78.9 Å². The SMILES string of the molecule is COCC(C)CNC(=O)N1CCCC(C(C)(C)C(=O)O)C1. The molecule has 6 heteroatoms. The molecule has 0 aromatic heterocycles. The predicted octanol–water partition coefficient (Wildman–Crippen LogP) is 1.80. The van der Waals surface area contributed by atoms with Gasteiger partial charge in [-0.2, -0.15) is 0 Å². The summed E-state index contributed by atoms with van der Waals surface area (Å²) in [7, 11) is 1.64. The molecule has 0 bridgehead atoms. The number of carbonyl (C=O) groups is 2. The zero-order valence-electron chi connectivity index (χ0n) is 13.5. The van der Waals surface area contributed by atoms with Crippen molar-refractivity contribution in [2.24, 2.45) is 17.3 Å². The molecule has 0 spiro atoms. The molecule has 0 aromatic rings. The van der Waals surface area contributed by atoms with Crippen LogP contribution < -0.4 is 5.32 Å². The molecule has 1 fully saturated rings. The highest BCUT2D eigenvalue weighted by atomic mass is 16.5. The number of hydrogen-bond acceptors (Lipinski definition) is 3. The van der Waals surface area contributed by atoms with E-state index in [1.165, 1.54) is 0 Å². The number of methoxy groups -OCH3 is 1. The van der Waals surface area contributed by atoms with E-state index < -0.39 is 11.4 Å². The Balaban J connectivity index is 2.52. The molecule has 0 aliphatic carbocycles. The van der Waals surface area contributed by atoms with Gasteiger partial charge in [0.1, 0.15) is 0 Å². The minimum absolute atomic E-state index is 0.00843. The first-order valence-electron chi connectivity index (χ1n) is 7.54. The zero-order chi connectivity index (χ0) is 16.0. The van der Waals surface area contributed by atoms with Gasteiger partial charge in [0.15, 0.2) is 0 Å². The summed E-state index contributed by atoms with van der Waals surface area (Å²) in [5.41, 5.74) is -0.803. The third-order valence-corrected chi connectivity index (χ3v) is 4.33. The molecule has 2 amide bonds. The first-order valence-corrected chi connectivity index (χ1v) is 7.54. The number of ether oxygens (including phenoxy) is 1. The summed E-state index contributed by atoms with van der Waals surface area (Å²) in [6, 6.07) is -0.108. The van der Waals surface area contributed by atoms with Crippen molar-refractivity contribution < 1.29 is 19.4 Å². The first kappa shape index (κ1) is 17.8. The maximum absolute atomic E-state index is 12.2. The largest absolute Gasteiger partial charge is 0.481 e. The number of likely N-dealkylation sites (tertiary alicyclic amines) is 1. The van der Waals surface area contributed by atoms with Crippen LogP contribution in [0.25, 0.3) is 0 Å². The molecule has 1 heterocycles. The standard InChI is InChI=1S/C15H28N2O4/c1-11(10-21-4)8-16-14(20)17-7-5-6-12(9-17)15(2,3)13(18)19/h11-12H,5-10H2,1-4H3,(H,16,20)(H,18,19). The third kappa shape index (κ3) is 4.88. The van der Waals surface area contributed by atoms with Gasteiger partial charge < -0.3 is 20.1 Å². The van der Waals surface area contributed by atoms with Crippen molar-refractivity contribution in [1.82, 2.24) is 10.2 Å². The number of nitrogens with zero attached hydrogens (tertiary/aromatic N) is 1. The number of nitrogens with one attached hydrogen (secondary N) is 1. The van der Waals surface area contributed by atoms with E-state index in [1.807, 2.05) is 6.92 Å². The second kappa shape index (κ2) is 7.64. The molecule has 122 valence electrons. The number of hydrogen-bond donors (Lipinski definition) is 2. The van der Waals surface area contributed by atoms with Gasteiger partial charge in [0.25, 0.3) is 0 Å². The summed E-state index contributed by atoms with van der Waals surface area (Å²) < 4.78 is 5.04. The quantitative estimate of drug-likeness (QED) is 0.784. The van der Waals surface area contributed by atoms with Crippen LogP contribution in [0.1, 0.15) is 33.6 Å². The van der Waals surface area contributed by atoms with Crippen molar-refractivity contribution in [3.63, 3.8) is 0 Å². The van der Waals surface area contributed by atoms with E-state index in [1.54, 1.807) is 25.9 Å². The zero-order valence-corrected chi connectivity index (χ0v) is 13.5. The minimum atomic E-state index is -0.803. The number of amides is 2. The molecule has 21 heavy (non-hydrogen) atoms. The maximum Gasteiger partial charge on any atom is 0.317 e. The Morgan fingerprint density at radius 3 is 2.71 bits per heavy atom. The molecule has 2 N–H and O–H groups in total. The lowest BCUT2D eigenvalue weighted by Gasteiger charge is -2.39. The van der Waals surface area contributed by atoms with Crippen molar-refractivity contribution in [3.8, 4) is 0 Å². The summed E-state index contributed by atoms with van der Waals surface area (Å²) in [5, 5.41) is 12.2. The smallest absolute Gasteiger partial charge is 0.317 e. The Bertz CT molecular complexity index is 371. The van der Waals surface area contributed by atoms with Crippen LogP contribution in [0.5, 0.6) is 0 Å². The number of aliphatic carboxylic acids is 1. The second-order valence-electron chi connectivity index (χ2n) is 6.56. The maximum atomic E-state index is 12.2. The van der Waals surface area contributed by atoms with Crippen LogP contribution in [0.4, 0.5) is 4.79 Å². The van der Waals surface area contributed by atoms with Gasteiger partial charge in [0.05, 0.1) is 12.0 Å². The molecule has 2 unspecified atom stereocenters. The lowest BCUT2D eigenvalue weighted by atomic mass is 9.74. The van der Waals surface area contributed by atoms with Crippen LogP contribution in [0, 0.1) is 17.3 Å². The lowest BCUT2D eigenvalue weighted by molar-refractivity contribution is -0.151. The Morgan fingerprint density at radius 1 is 1.48 bits per heavy atom. The fraction of sp³-hybridized carbons (Fsp3) is 0.867. The highest BCUT2D eigenvalue weighted by Crippen LogP contribution is 2.34. The van der Waals surface area contributed by atoms with Crippen molar-refractivity contribution >= 4 is 12.0 Å². The van der Waals surface area contributed by atoms with E-state index in [0.29, 0.717) is 26.2 Å². The monoisotopic (exact) mass is 300 g/mol. The molecule has 1 rings (SSSR count). The summed E-state index contributed by atoms with van der Waals surface area (Å²) in [4.78, 5) is 25.3. The summed E-state index contributed by atoms with van der Waals surface area (Å²) in [6.07, 6.45) is 1.70. The Labute approximate surface area is 126 Å². The summed E-state index contributed by atoms with van der Waals surface area (Å²) in [6.45, 7) is 7.85. The van der Waals surface area contributed by atoms with E-state index in [9.17, 15) is 14.7 Å². The third-order valence-electron chi connectivity index (χ3n) is 4.33. The molecular formula is C15H28N2O4. The average molecular weight is 300 g/mol. The number of piperidine rings is 1. The van der Waals surface area contributed by atoms with Gasteiger partial charge in [-0.25, -0.2) is 4.79 Å². The van der Waals surface area contributed by atoms with Gasteiger partial charge in [0, 0.05) is 26.7 Å². The van der Waals surface area contributed by atoms with Gasteiger partial charge in [-0.1, -0.05) is 6.92 Å². The molecule has 6 nitrogen and oxygen atoms in total. The van der Waals surface area contributed by atoms with Gasteiger partial charge in [0.2, 0.25) is 0 Å². The number of urea groups is 1. The molecular weight excluding hydrogens is 272 g/mol. The highest BCUT2D eigenvalue weighted by molar-refractivity contribution is 5.76. The fourth-order valence-electron chi connectivity index (χ4n) is 2.64. The van der Waals surface area contributed by atoms with Crippen LogP contribution in [0.3, 0.4) is 0 Å². The van der Waals surface area contributed by atoms with E-state index in [4.69, 9.17) is 4.74 Å². The number of carboxylic acid groups (broad SMARTS) is 1. The van der Waals surface area contributed by atoms with Crippen molar-refractivity contribution in [2.45, 2.75) is 33.6 Å². The normalized spacial score (nSPS) is 21.0. The molecule has 0 saturated carbocycles. The van der Waals surface area contributed by atoms with Gasteiger partial charge in [-0.15, -0.1) is 0 Å². The van der Waals surface area contributed by atoms with Gasteiger partial charge >= 0.3 is 12.0 Å². The Morgan fingerprint density at radius 2 is 2.14 bits per heavy atom. The Kier molecular flexibility index (Phi) is 6.45. The molecule has 1 aliphatic heterocycles. The fourth-order valence-corrected chi connectivity index (χ4v) is 2.64.